The lowest BCUT2D eigenvalue weighted by Crippen LogP contribution is -2.26. The third-order valence-electron chi connectivity index (χ3n) is 3.98. The van der Waals surface area contributed by atoms with Crippen molar-refractivity contribution in [3.8, 4) is 11.8 Å². The van der Waals surface area contributed by atoms with E-state index in [1.54, 1.807) is 0 Å². The zero-order chi connectivity index (χ0) is 19.4. The first kappa shape index (κ1) is 19.5. The van der Waals surface area contributed by atoms with Crippen LogP contribution in [-0.2, 0) is 9.47 Å². The molecule has 0 atom stereocenters. The van der Waals surface area contributed by atoms with Gasteiger partial charge in [-0.15, -0.1) is 0 Å². The average molecular weight is 393 g/mol. The van der Waals surface area contributed by atoms with Crippen LogP contribution in [0.3, 0.4) is 0 Å². The van der Waals surface area contributed by atoms with Gasteiger partial charge in [0.1, 0.15) is 17.5 Å². The second-order valence-corrected chi connectivity index (χ2v) is 6.43. The van der Waals surface area contributed by atoms with Gasteiger partial charge in [0.05, 0.1) is 23.8 Å². The molecule has 27 heavy (non-hydrogen) atoms. The Morgan fingerprint density at radius 1 is 1.00 bits per heavy atom. The second kappa shape index (κ2) is 8.62. The quantitative estimate of drug-likeness (QED) is 0.503. The van der Waals surface area contributed by atoms with E-state index in [2.05, 4.69) is 11.8 Å². The molecule has 2 aromatic rings. The summed E-state index contributed by atoms with van der Waals surface area (Å²) >= 11 is 5.60. The standard InChI is InChI=1S/C21H16ClF3O2/c1-2-3-14-11-26-21(27-12-14)15-9-18(23)16(19(24)10-15)6-4-13-5-7-17(22)20(25)8-13/h2-3,5,7-10,14,21H,11-12H2,1H3. The first-order valence-corrected chi connectivity index (χ1v) is 8.67. The summed E-state index contributed by atoms with van der Waals surface area (Å²) < 4.78 is 53.2. The molecule has 0 aliphatic carbocycles. The lowest BCUT2D eigenvalue weighted by Gasteiger charge is -2.28. The van der Waals surface area contributed by atoms with Crippen LogP contribution in [0.4, 0.5) is 13.2 Å². The van der Waals surface area contributed by atoms with Crippen molar-refractivity contribution in [3.63, 3.8) is 0 Å². The third kappa shape index (κ3) is 4.72. The zero-order valence-electron chi connectivity index (χ0n) is 14.4. The number of hydrogen-bond donors (Lipinski definition) is 0. The van der Waals surface area contributed by atoms with Gasteiger partial charge in [-0.1, -0.05) is 35.6 Å². The fourth-order valence-electron chi connectivity index (χ4n) is 2.65. The number of allylic oxidation sites excluding steroid dienone is 1. The van der Waals surface area contributed by atoms with Crippen LogP contribution in [0.2, 0.25) is 5.02 Å². The molecule has 0 saturated carbocycles. The number of hydrogen-bond acceptors (Lipinski definition) is 2. The molecular formula is C21H16ClF3O2. The van der Waals surface area contributed by atoms with Crippen LogP contribution in [0.1, 0.15) is 29.9 Å². The van der Waals surface area contributed by atoms with Crippen molar-refractivity contribution in [1.82, 2.24) is 0 Å². The van der Waals surface area contributed by atoms with E-state index in [1.807, 2.05) is 19.1 Å². The van der Waals surface area contributed by atoms with Crippen LogP contribution in [-0.4, -0.2) is 13.2 Å². The highest BCUT2D eigenvalue weighted by Gasteiger charge is 2.24. The second-order valence-electron chi connectivity index (χ2n) is 6.02. The van der Waals surface area contributed by atoms with Crippen molar-refractivity contribution in [2.45, 2.75) is 13.2 Å². The molecule has 0 spiro atoms. The van der Waals surface area contributed by atoms with Crippen LogP contribution in [0.25, 0.3) is 0 Å². The van der Waals surface area contributed by atoms with Crippen LogP contribution < -0.4 is 0 Å². The number of rotatable bonds is 2. The molecule has 140 valence electrons. The normalized spacial score (nSPS) is 19.7. The summed E-state index contributed by atoms with van der Waals surface area (Å²) in [4.78, 5) is 0. The first-order chi connectivity index (χ1) is 13.0. The van der Waals surface area contributed by atoms with Crippen molar-refractivity contribution in [2.75, 3.05) is 13.2 Å². The van der Waals surface area contributed by atoms with E-state index in [0.29, 0.717) is 13.2 Å². The SMILES string of the molecule is CC=CC1COC(c2cc(F)c(C#Cc3ccc(Cl)c(F)c3)c(F)c2)OC1. The molecule has 1 aliphatic rings. The van der Waals surface area contributed by atoms with Gasteiger partial charge in [0.25, 0.3) is 0 Å². The fraction of sp³-hybridized carbons (Fsp3) is 0.238. The Hall–Kier alpha value is -2.26. The van der Waals surface area contributed by atoms with Gasteiger partial charge in [-0.2, -0.15) is 0 Å². The topological polar surface area (TPSA) is 18.5 Å². The lowest BCUT2D eigenvalue weighted by molar-refractivity contribution is -0.197. The molecule has 0 N–H and O–H groups in total. The Balaban J connectivity index is 1.80. The molecule has 6 heteroatoms. The smallest absolute Gasteiger partial charge is 0.184 e. The summed E-state index contributed by atoms with van der Waals surface area (Å²) in [5, 5.41) is -0.0496. The van der Waals surface area contributed by atoms with Crippen molar-refractivity contribution >= 4 is 11.6 Å². The predicted molar refractivity (Wildman–Crippen MR) is 96.7 cm³/mol. The van der Waals surface area contributed by atoms with Crippen LogP contribution in [0.5, 0.6) is 0 Å². The lowest BCUT2D eigenvalue weighted by atomic mass is 10.1. The Morgan fingerprint density at radius 2 is 1.67 bits per heavy atom. The molecule has 1 fully saturated rings. The maximum absolute atomic E-state index is 14.3. The van der Waals surface area contributed by atoms with Crippen molar-refractivity contribution in [2.24, 2.45) is 5.92 Å². The van der Waals surface area contributed by atoms with Gasteiger partial charge in [-0.05, 0) is 37.3 Å². The van der Waals surface area contributed by atoms with Gasteiger partial charge in [0, 0.05) is 17.0 Å². The van der Waals surface area contributed by atoms with E-state index in [-0.39, 0.29) is 22.1 Å². The Morgan fingerprint density at radius 3 is 2.26 bits per heavy atom. The van der Waals surface area contributed by atoms with E-state index in [1.165, 1.54) is 12.1 Å². The summed E-state index contributed by atoms with van der Waals surface area (Å²) in [5.41, 5.74) is 0.0949. The highest BCUT2D eigenvalue weighted by molar-refractivity contribution is 6.30. The van der Waals surface area contributed by atoms with Gasteiger partial charge >= 0.3 is 0 Å². The molecule has 1 saturated heterocycles. The Kier molecular flexibility index (Phi) is 6.22. The van der Waals surface area contributed by atoms with Gasteiger partial charge < -0.3 is 9.47 Å². The van der Waals surface area contributed by atoms with Crippen molar-refractivity contribution in [1.29, 1.82) is 0 Å². The molecule has 0 unspecified atom stereocenters. The highest BCUT2D eigenvalue weighted by atomic mass is 35.5. The van der Waals surface area contributed by atoms with Gasteiger partial charge in [-0.3, -0.25) is 0 Å². The molecule has 1 aliphatic heterocycles. The van der Waals surface area contributed by atoms with Crippen molar-refractivity contribution < 1.29 is 22.6 Å². The number of benzene rings is 2. The van der Waals surface area contributed by atoms with Crippen LogP contribution in [0, 0.1) is 35.2 Å². The Labute approximate surface area is 160 Å². The minimum absolute atomic E-state index is 0.0496. The van der Waals surface area contributed by atoms with Crippen molar-refractivity contribution in [3.05, 3.63) is 81.6 Å². The summed E-state index contributed by atoms with van der Waals surface area (Å²) in [7, 11) is 0. The monoisotopic (exact) mass is 392 g/mol. The molecule has 3 rings (SSSR count). The molecule has 0 radical (unpaired) electrons. The molecule has 2 nitrogen and oxygen atoms in total. The van der Waals surface area contributed by atoms with E-state index in [9.17, 15) is 13.2 Å². The minimum Gasteiger partial charge on any atom is -0.348 e. The largest absolute Gasteiger partial charge is 0.348 e. The van der Waals surface area contributed by atoms with Gasteiger partial charge in [0.15, 0.2) is 6.29 Å². The van der Waals surface area contributed by atoms with Crippen LogP contribution in [0.15, 0.2) is 42.5 Å². The van der Waals surface area contributed by atoms with E-state index in [0.717, 1.165) is 18.2 Å². The molecular weight excluding hydrogens is 377 g/mol. The van der Waals surface area contributed by atoms with E-state index in [4.69, 9.17) is 21.1 Å². The number of ether oxygens (including phenoxy) is 2. The summed E-state index contributed by atoms with van der Waals surface area (Å²) in [6.45, 7) is 2.71. The molecule has 0 bridgehead atoms. The van der Waals surface area contributed by atoms with E-state index < -0.39 is 29.3 Å². The summed E-state index contributed by atoms with van der Waals surface area (Å²) in [6, 6.07) is 6.17. The predicted octanol–water partition coefficient (Wildman–Crippen LogP) is 5.39. The molecule has 2 aromatic carbocycles. The van der Waals surface area contributed by atoms with Gasteiger partial charge in [0.2, 0.25) is 0 Å². The third-order valence-corrected chi connectivity index (χ3v) is 4.28. The zero-order valence-corrected chi connectivity index (χ0v) is 15.2. The fourth-order valence-corrected chi connectivity index (χ4v) is 2.77. The number of halogens is 4. The highest BCUT2D eigenvalue weighted by Crippen LogP contribution is 2.28. The molecule has 0 amide bonds. The van der Waals surface area contributed by atoms with Crippen LogP contribution >= 0.6 is 11.6 Å². The van der Waals surface area contributed by atoms with Gasteiger partial charge in [-0.25, -0.2) is 13.2 Å². The maximum Gasteiger partial charge on any atom is 0.184 e. The van der Waals surface area contributed by atoms with E-state index >= 15 is 0 Å². The maximum atomic E-state index is 14.3. The average Bonchev–Trinajstić information content (AvgIpc) is 2.64. The minimum atomic E-state index is -0.838. The molecule has 0 aromatic heterocycles. The first-order valence-electron chi connectivity index (χ1n) is 8.30. The summed E-state index contributed by atoms with van der Waals surface area (Å²) in [5.74, 6) is 2.72. The Bertz CT molecular complexity index is 900. The summed E-state index contributed by atoms with van der Waals surface area (Å²) in [6.07, 6.45) is 3.02. The molecule has 1 heterocycles.